The van der Waals surface area contributed by atoms with Gasteiger partial charge in [0.2, 0.25) is 11.0 Å². The first-order valence-corrected chi connectivity index (χ1v) is 7.03. The summed E-state index contributed by atoms with van der Waals surface area (Å²) in [4.78, 5) is 20.1. The predicted octanol–water partition coefficient (Wildman–Crippen LogP) is 1.81. The Morgan fingerprint density at radius 3 is 3.11 bits per heavy atom. The van der Waals surface area contributed by atoms with Crippen LogP contribution in [0.3, 0.4) is 0 Å². The quantitative estimate of drug-likeness (QED) is 0.904. The van der Waals surface area contributed by atoms with Gasteiger partial charge in [-0.05, 0) is 12.8 Å². The smallest absolute Gasteiger partial charge is 0.227 e. The van der Waals surface area contributed by atoms with E-state index in [1.807, 2.05) is 10.8 Å². The second-order valence-electron chi connectivity index (χ2n) is 5.08. The fourth-order valence-electron chi connectivity index (χ4n) is 1.76. The second kappa shape index (κ2) is 4.73. The maximum Gasteiger partial charge on any atom is 0.227 e. The van der Waals surface area contributed by atoms with Crippen molar-refractivity contribution in [2.45, 2.75) is 38.1 Å². The molecule has 6 nitrogen and oxygen atoms in total. The zero-order chi connectivity index (χ0) is 13.3. The fraction of sp³-hybridized carbons (Fsp3) is 0.500. The Balaban J connectivity index is 1.53. The maximum atomic E-state index is 11.8. The number of hydrogen-bond donors (Lipinski definition) is 1. The van der Waals surface area contributed by atoms with Gasteiger partial charge in [-0.1, -0.05) is 6.92 Å². The summed E-state index contributed by atoms with van der Waals surface area (Å²) in [6.07, 6.45) is 7.91. The number of rotatable bonds is 5. The molecule has 0 saturated heterocycles. The molecule has 2 heterocycles. The summed E-state index contributed by atoms with van der Waals surface area (Å²) < 4.78 is 6.19. The molecule has 1 fully saturated rings. The lowest BCUT2D eigenvalue weighted by molar-refractivity contribution is -0.116. The summed E-state index contributed by atoms with van der Waals surface area (Å²) in [6, 6.07) is 0. The maximum absolute atomic E-state index is 11.8. The van der Waals surface area contributed by atoms with E-state index in [2.05, 4.69) is 26.6 Å². The van der Waals surface area contributed by atoms with Gasteiger partial charge < -0.3 is 9.88 Å². The van der Waals surface area contributed by atoms with Crippen LogP contribution in [0.5, 0.6) is 0 Å². The molecule has 19 heavy (non-hydrogen) atoms. The van der Waals surface area contributed by atoms with Crippen molar-refractivity contribution in [3.63, 3.8) is 0 Å². The number of aromatic nitrogens is 4. The molecule has 3 rings (SSSR count). The van der Waals surface area contributed by atoms with Crippen molar-refractivity contribution >= 4 is 22.6 Å². The SMILES string of the molecule is CC1(c2nsc(NC(=O)CCn3ccnc3)n2)CC1. The number of nitrogens with one attached hydrogen (secondary N) is 1. The molecular formula is C12H15N5OS. The van der Waals surface area contributed by atoms with Gasteiger partial charge in [-0.15, -0.1) is 0 Å². The van der Waals surface area contributed by atoms with Gasteiger partial charge in [0.15, 0.2) is 5.82 Å². The van der Waals surface area contributed by atoms with Gasteiger partial charge in [-0.3, -0.25) is 4.79 Å². The van der Waals surface area contributed by atoms with Crippen LogP contribution in [0.25, 0.3) is 0 Å². The molecule has 100 valence electrons. The molecule has 0 bridgehead atoms. The van der Waals surface area contributed by atoms with E-state index in [9.17, 15) is 4.79 Å². The lowest BCUT2D eigenvalue weighted by atomic mass is 10.1. The lowest BCUT2D eigenvalue weighted by Gasteiger charge is -2.02. The zero-order valence-corrected chi connectivity index (χ0v) is 11.5. The number of nitrogens with zero attached hydrogens (tertiary/aromatic N) is 4. The van der Waals surface area contributed by atoms with E-state index in [1.54, 1.807) is 12.5 Å². The van der Waals surface area contributed by atoms with Gasteiger partial charge in [0.25, 0.3) is 0 Å². The van der Waals surface area contributed by atoms with Crippen LogP contribution in [0.4, 0.5) is 5.13 Å². The molecule has 0 radical (unpaired) electrons. The van der Waals surface area contributed by atoms with E-state index in [0.717, 1.165) is 18.7 Å². The number of amides is 1. The van der Waals surface area contributed by atoms with E-state index in [0.29, 0.717) is 18.1 Å². The zero-order valence-electron chi connectivity index (χ0n) is 10.7. The second-order valence-corrected chi connectivity index (χ2v) is 5.83. The van der Waals surface area contributed by atoms with Crippen LogP contribution >= 0.6 is 11.5 Å². The minimum absolute atomic E-state index is 0.0441. The summed E-state index contributed by atoms with van der Waals surface area (Å²) in [6.45, 7) is 2.77. The van der Waals surface area contributed by atoms with E-state index in [-0.39, 0.29) is 11.3 Å². The molecule has 2 aromatic heterocycles. The Morgan fingerprint density at radius 2 is 2.42 bits per heavy atom. The average Bonchev–Trinajstić information content (AvgIpc) is 2.88. The normalized spacial score (nSPS) is 16.3. The average molecular weight is 277 g/mol. The number of hydrogen-bond acceptors (Lipinski definition) is 5. The highest BCUT2D eigenvalue weighted by Crippen LogP contribution is 2.46. The summed E-state index contributed by atoms with van der Waals surface area (Å²) in [5, 5.41) is 3.39. The molecule has 1 aliphatic carbocycles. The van der Waals surface area contributed by atoms with Gasteiger partial charge in [0.05, 0.1) is 6.33 Å². The lowest BCUT2D eigenvalue weighted by Crippen LogP contribution is -2.14. The van der Waals surface area contributed by atoms with E-state index in [1.165, 1.54) is 11.5 Å². The van der Waals surface area contributed by atoms with Crippen molar-refractivity contribution in [3.05, 3.63) is 24.5 Å². The molecule has 0 aromatic carbocycles. The summed E-state index contributed by atoms with van der Waals surface area (Å²) in [5.74, 6) is 0.819. The third-order valence-corrected chi connectivity index (χ3v) is 4.00. The Labute approximate surface area is 115 Å². The molecule has 1 N–H and O–H groups in total. The van der Waals surface area contributed by atoms with Gasteiger partial charge in [0.1, 0.15) is 0 Å². The minimum Gasteiger partial charge on any atom is -0.337 e. The van der Waals surface area contributed by atoms with E-state index >= 15 is 0 Å². The van der Waals surface area contributed by atoms with Crippen LogP contribution in [0.15, 0.2) is 18.7 Å². The number of carbonyl (C=O) groups excluding carboxylic acids is 1. The number of imidazole rings is 1. The highest BCUT2D eigenvalue weighted by molar-refractivity contribution is 7.09. The largest absolute Gasteiger partial charge is 0.337 e. The van der Waals surface area contributed by atoms with Crippen molar-refractivity contribution < 1.29 is 4.79 Å². The molecular weight excluding hydrogens is 262 g/mol. The first-order chi connectivity index (χ1) is 9.16. The van der Waals surface area contributed by atoms with Gasteiger partial charge in [-0.2, -0.15) is 4.37 Å². The topological polar surface area (TPSA) is 72.7 Å². The van der Waals surface area contributed by atoms with Crippen molar-refractivity contribution in [1.82, 2.24) is 18.9 Å². The van der Waals surface area contributed by atoms with Crippen LogP contribution in [-0.4, -0.2) is 24.8 Å². The Morgan fingerprint density at radius 1 is 1.58 bits per heavy atom. The molecule has 0 atom stereocenters. The Kier molecular flexibility index (Phi) is 3.06. The van der Waals surface area contributed by atoms with Gasteiger partial charge >= 0.3 is 0 Å². The first kappa shape index (κ1) is 12.3. The van der Waals surface area contributed by atoms with Crippen LogP contribution in [-0.2, 0) is 16.8 Å². The fourth-order valence-corrected chi connectivity index (χ4v) is 2.48. The highest BCUT2D eigenvalue weighted by Gasteiger charge is 2.42. The molecule has 1 amide bonds. The standard InChI is InChI=1S/C12H15N5OS/c1-12(3-4-12)10-15-11(19-16-10)14-9(18)2-6-17-7-5-13-8-17/h5,7-8H,2-4,6H2,1H3,(H,14,15,16,18). The monoisotopic (exact) mass is 277 g/mol. The number of anilines is 1. The molecule has 1 saturated carbocycles. The highest BCUT2D eigenvalue weighted by atomic mass is 32.1. The minimum atomic E-state index is -0.0441. The van der Waals surface area contributed by atoms with Crippen molar-refractivity contribution in [3.8, 4) is 0 Å². The van der Waals surface area contributed by atoms with Gasteiger partial charge in [-0.25, -0.2) is 9.97 Å². The molecule has 7 heteroatoms. The predicted molar refractivity (Wildman–Crippen MR) is 72.0 cm³/mol. The Hall–Kier alpha value is -1.76. The first-order valence-electron chi connectivity index (χ1n) is 6.25. The number of carbonyl (C=O) groups is 1. The molecule has 0 aliphatic heterocycles. The van der Waals surface area contributed by atoms with Crippen molar-refractivity contribution in [2.75, 3.05) is 5.32 Å². The Bertz CT molecular complexity index is 573. The molecule has 2 aromatic rings. The van der Waals surface area contributed by atoms with Crippen molar-refractivity contribution in [1.29, 1.82) is 0 Å². The molecule has 1 aliphatic rings. The third-order valence-electron chi connectivity index (χ3n) is 3.37. The molecule has 0 unspecified atom stereocenters. The summed E-state index contributed by atoms with van der Waals surface area (Å²) in [7, 11) is 0. The van der Waals surface area contributed by atoms with Crippen LogP contribution in [0.1, 0.15) is 32.0 Å². The van der Waals surface area contributed by atoms with E-state index < -0.39 is 0 Å². The summed E-state index contributed by atoms with van der Waals surface area (Å²) >= 11 is 1.26. The van der Waals surface area contributed by atoms with Crippen LogP contribution in [0.2, 0.25) is 0 Å². The summed E-state index contributed by atoms with van der Waals surface area (Å²) in [5.41, 5.74) is 0.149. The van der Waals surface area contributed by atoms with Crippen molar-refractivity contribution in [2.24, 2.45) is 0 Å². The van der Waals surface area contributed by atoms with Gasteiger partial charge in [0, 0.05) is 42.3 Å². The third kappa shape index (κ3) is 2.81. The van der Waals surface area contributed by atoms with E-state index in [4.69, 9.17) is 0 Å². The van der Waals surface area contributed by atoms with Crippen LogP contribution < -0.4 is 5.32 Å². The number of aryl methyl sites for hydroxylation is 1. The molecule has 0 spiro atoms. The van der Waals surface area contributed by atoms with Crippen LogP contribution in [0, 0.1) is 0 Å².